The van der Waals surface area contributed by atoms with Gasteiger partial charge in [0.2, 0.25) is 0 Å². The van der Waals surface area contributed by atoms with Crippen LogP contribution >= 0.6 is 0 Å². The lowest BCUT2D eigenvalue weighted by atomic mass is 9.90. The van der Waals surface area contributed by atoms with Crippen molar-refractivity contribution in [1.29, 1.82) is 5.26 Å². The minimum Gasteiger partial charge on any atom is -0.383 e. The summed E-state index contributed by atoms with van der Waals surface area (Å²) in [6, 6.07) is 14.2. The van der Waals surface area contributed by atoms with E-state index in [9.17, 15) is 14.0 Å². The maximum Gasteiger partial charge on any atom is 0.142 e. The molecule has 3 aromatic rings. The fourth-order valence-electron chi connectivity index (χ4n) is 2.76. The average molecular weight is 321 g/mol. The van der Waals surface area contributed by atoms with Crippen LogP contribution in [0.25, 0.3) is 22.3 Å². The molecule has 118 valence electrons. The first-order valence-electron chi connectivity index (χ1n) is 7.24. The predicted molar refractivity (Wildman–Crippen MR) is 88.9 cm³/mol. The molecule has 3 nitrogen and oxygen atoms in total. The highest BCUT2D eigenvalue weighted by Crippen LogP contribution is 2.39. The van der Waals surface area contributed by atoms with Gasteiger partial charge in [-0.25, -0.2) is 13.8 Å². The first-order chi connectivity index (χ1) is 11.5. The van der Waals surface area contributed by atoms with Gasteiger partial charge in [0.15, 0.2) is 0 Å². The summed E-state index contributed by atoms with van der Waals surface area (Å²) in [5.41, 5.74) is 7.98. The number of aromatic nitrogens is 1. The predicted octanol–water partition coefficient (Wildman–Crippen LogP) is 4.46. The molecule has 0 aliphatic heterocycles. The van der Waals surface area contributed by atoms with E-state index >= 15 is 0 Å². The molecule has 2 N–H and O–H groups in total. The van der Waals surface area contributed by atoms with Gasteiger partial charge in [-0.2, -0.15) is 5.26 Å². The van der Waals surface area contributed by atoms with Crippen LogP contribution < -0.4 is 5.73 Å². The minimum absolute atomic E-state index is 0.00616. The fourth-order valence-corrected chi connectivity index (χ4v) is 2.76. The number of nitrogens with zero attached hydrogens (tertiary/aromatic N) is 2. The van der Waals surface area contributed by atoms with Crippen molar-refractivity contribution < 1.29 is 8.78 Å². The molecule has 0 spiro atoms. The first-order valence-corrected chi connectivity index (χ1v) is 7.24. The third kappa shape index (κ3) is 2.59. The van der Waals surface area contributed by atoms with Crippen LogP contribution in [0.5, 0.6) is 0 Å². The molecule has 3 rings (SSSR count). The highest BCUT2D eigenvalue weighted by atomic mass is 19.1. The van der Waals surface area contributed by atoms with E-state index in [1.54, 1.807) is 6.92 Å². The highest BCUT2D eigenvalue weighted by Gasteiger charge is 2.22. The van der Waals surface area contributed by atoms with Crippen molar-refractivity contribution in [3.63, 3.8) is 0 Å². The van der Waals surface area contributed by atoms with Crippen molar-refractivity contribution >= 4 is 5.82 Å². The van der Waals surface area contributed by atoms with E-state index in [1.807, 2.05) is 36.4 Å². The lowest BCUT2D eigenvalue weighted by Crippen LogP contribution is -2.04. The molecule has 1 heterocycles. The Labute approximate surface area is 138 Å². The Hall–Kier alpha value is -3.26. The number of benzene rings is 2. The van der Waals surface area contributed by atoms with Crippen molar-refractivity contribution in [2.45, 2.75) is 6.92 Å². The number of nitriles is 1. The first kappa shape index (κ1) is 15.6. The van der Waals surface area contributed by atoms with Gasteiger partial charge in [0, 0.05) is 22.4 Å². The van der Waals surface area contributed by atoms with Crippen LogP contribution in [0.2, 0.25) is 0 Å². The van der Waals surface area contributed by atoms with Gasteiger partial charge < -0.3 is 5.73 Å². The molecule has 0 amide bonds. The van der Waals surface area contributed by atoms with E-state index in [1.165, 1.54) is 0 Å². The summed E-state index contributed by atoms with van der Waals surface area (Å²) in [7, 11) is 0. The molecule has 0 saturated heterocycles. The Morgan fingerprint density at radius 2 is 1.75 bits per heavy atom. The molecule has 24 heavy (non-hydrogen) atoms. The second kappa shape index (κ2) is 6.09. The van der Waals surface area contributed by atoms with Crippen LogP contribution in [0.4, 0.5) is 14.6 Å². The SMILES string of the molecule is Cc1nc(N)c(C#N)c(-c2cc(F)ccc2F)c1-c1ccccc1. The standard InChI is InChI=1S/C19H13F2N3/c1-11-17(12-5-3-2-4-6-12)18(15(10-22)19(23)24-11)14-9-13(20)7-8-16(14)21/h2-9H,1H3,(H2,23,24). The van der Waals surface area contributed by atoms with Gasteiger partial charge in [0.1, 0.15) is 29.1 Å². The van der Waals surface area contributed by atoms with E-state index in [2.05, 4.69) is 4.98 Å². The van der Waals surface area contributed by atoms with Crippen LogP contribution in [0.15, 0.2) is 48.5 Å². The van der Waals surface area contributed by atoms with Crippen LogP contribution in [0.3, 0.4) is 0 Å². The molecule has 0 aliphatic carbocycles. The van der Waals surface area contributed by atoms with Crippen molar-refractivity contribution in [2.24, 2.45) is 0 Å². The molecule has 0 radical (unpaired) electrons. The monoisotopic (exact) mass is 321 g/mol. The molecule has 5 heteroatoms. The molecule has 0 aliphatic rings. The quantitative estimate of drug-likeness (QED) is 0.758. The number of hydrogen-bond donors (Lipinski definition) is 1. The van der Waals surface area contributed by atoms with Gasteiger partial charge in [-0.15, -0.1) is 0 Å². The molecule has 1 aromatic heterocycles. The molecule has 2 aromatic carbocycles. The van der Waals surface area contributed by atoms with Crippen LogP contribution in [0.1, 0.15) is 11.3 Å². The van der Waals surface area contributed by atoms with Crippen LogP contribution in [0, 0.1) is 29.9 Å². The number of nitrogen functional groups attached to an aromatic ring is 1. The van der Waals surface area contributed by atoms with Crippen molar-refractivity contribution in [3.05, 3.63) is 71.4 Å². The van der Waals surface area contributed by atoms with E-state index in [0.717, 1.165) is 23.8 Å². The van der Waals surface area contributed by atoms with Gasteiger partial charge in [0.05, 0.1) is 0 Å². The smallest absolute Gasteiger partial charge is 0.142 e. The van der Waals surface area contributed by atoms with E-state index < -0.39 is 11.6 Å². The topological polar surface area (TPSA) is 62.7 Å². The van der Waals surface area contributed by atoms with Crippen molar-refractivity contribution in [3.8, 4) is 28.3 Å². The molecule has 0 unspecified atom stereocenters. The van der Waals surface area contributed by atoms with Gasteiger partial charge in [-0.3, -0.25) is 0 Å². The zero-order valence-electron chi connectivity index (χ0n) is 12.8. The zero-order valence-corrected chi connectivity index (χ0v) is 12.8. The summed E-state index contributed by atoms with van der Waals surface area (Å²) >= 11 is 0. The number of aryl methyl sites for hydroxylation is 1. The third-order valence-corrected chi connectivity index (χ3v) is 3.78. The Balaban J connectivity index is 2.47. The summed E-state index contributed by atoms with van der Waals surface area (Å²) < 4.78 is 28.1. The Kier molecular flexibility index (Phi) is 3.97. The maximum absolute atomic E-state index is 14.4. The van der Waals surface area contributed by atoms with Crippen molar-refractivity contribution in [2.75, 3.05) is 5.73 Å². The molecule has 0 fully saturated rings. The molecular formula is C19H13F2N3. The second-order valence-electron chi connectivity index (χ2n) is 5.31. The van der Waals surface area contributed by atoms with E-state index in [0.29, 0.717) is 11.3 Å². The average Bonchev–Trinajstić information content (AvgIpc) is 2.57. The minimum atomic E-state index is -0.630. The number of hydrogen-bond acceptors (Lipinski definition) is 3. The number of rotatable bonds is 2. The third-order valence-electron chi connectivity index (χ3n) is 3.78. The summed E-state index contributed by atoms with van der Waals surface area (Å²) in [6.45, 7) is 1.72. The fraction of sp³-hybridized carbons (Fsp3) is 0.0526. The molecule has 0 atom stereocenters. The normalized spacial score (nSPS) is 10.4. The Morgan fingerprint density at radius 3 is 2.42 bits per heavy atom. The lowest BCUT2D eigenvalue weighted by molar-refractivity contribution is 0.603. The second-order valence-corrected chi connectivity index (χ2v) is 5.31. The van der Waals surface area contributed by atoms with Crippen molar-refractivity contribution in [1.82, 2.24) is 4.98 Å². The number of anilines is 1. The van der Waals surface area contributed by atoms with Gasteiger partial charge >= 0.3 is 0 Å². The maximum atomic E-state index is 14.4. The summed E-state index contributed by atoms with van der Waals surface area (Å²) in [5, 5.41) is 9.50. The summed E-state index contributed by atoms with van der Waals surface area (Å²) in [6.07, 6.45) is 0. The molecule has 0 bridgehead atoms. The van der Waals surface area contributed by atoms with Crippen LogP contribution in [-0.2, 0) is 0 Å². The Morgan fingerprint density at radius 1 is 1.04 bits per heavy atom. The largest absolute Gasteiger partial charge is 0.383 e. The van der Waals surface area contributed by atoms with Gasteiger partial charge in [0.25, 0.3) is 0 Å². The number of halogens is 2. The van der Waals surface area contributed by atoms with E-state index in [4.69, 9.17) is 5.73 Å². The molecular weight excluding hydrogens is 308 g/mol. The summed E-state index contributed by atoms with van der Waals surface area (Å²) in [5.74, 6) is -1.23. The van der Waals surface area contributed by atoms with E-state index in [-0.39, 0.29) is 22.5 Å². The number of pyridine rings is 1. The Bertz CT molecular complexity index is 961. The summed E-state index contributed by atoms with van der Waals surface area (Å²) in [4.78, 5) is 4.20. The zero-order chi connectivity index (χ0) is 17.3. The van der Waals surface area contributed by atoms with Crippen LogP contribution in [-0.4, -0.2) is 4.98 Å². The highest BCUT2D eigenvalue weighted by molar-refractivity contribution is 5.91. The number of nitrogens with two attached hydrogens (primary N) is 1. The molecule has 0 saturated carbocycles. The van der Waals surface area contributed by atoms with Gasteiger partial charge in [-0.05, 0) is 30.7 Å². The van der Waals surface area contributed by atoms with Gasteiger partial charge in [-0.1, -0.05) is 30.3 Å². The lowest BCUT2D eigenvalue weighted by Gasteiger charge is -2.16.